The highest BCUT2D eigenvalue weighted by molar-refractivity contribution is 7.13. The van der Waals surface area contributed by atoms with Gasteiger partial charge in [-0.3, -0.25) is 9.69 Å². The number of nitrogens with zero attached hydrogens (tertiary/aromatic N) is 4. The van der Waals surface area contributed by atoms with Crippen LogP contribution in [-0.4, -0.2) is 55.0 Å². The molecule has 0 atom stereocenters. The average Bonchev–Trinajstić information content (AvgIpc) is 3.35. The van der Waals surface area contributed by atoms with E-state index in [-0.39, 0.29) is 5.91 Å². The second-order valence-corrected chi connectivity index (χ2v) is 9.00. The second-order valence-electron chi connectivity index (χ2n) is 7.78. The number of carbonyl (C=O) groups excluding carboxylic acids is 1. The lowest BCUT2D eigenvalue weighted by Gasteiger charge is -2.35. The van der Waals surface area contributed by atoms with Crippen LogP contribution in [0, 0.1) is 0 Å². The first-order valence-corrected chi connectivity index (χ1v) is 12.1. The van der Waals surface area contributed by atoms with Crippen LogP contribution >= 0.6 is 23.1 Å². The van der Waals surface area contributed by atoms with E-state index in [1.807, 2.05) is 27.0 Å². The van der Waals surface area contributed by atoms with E-state index in [0.29, 0.717) is 6.42 Å². The molecule has 7 heteroatoms. The van der Waals surface area contributed by atoms with E-state index in [0.717, 1.165) is 66.8 Å². The fourth-order valence-corrected chi connectivity index (χ4v) is 5.33. The van der Waals surface area contributed by atoms with E-state index in [2.05, 4.69) is 40.1 Å². The van der Waals surface area contributed by atoms with Crippen LogP contribution in [0.25, 0.3) is 10.1 Å². The van der Waals surface area contributed by atoms with Gasteiger partial charge in [0.25, 0.3) is 0 Å². The summed E-state index contributed by atoms with van der Waals surface area (Å²) in [7, 11) is 1.81. The summed E-state index contributed by atoms with van der Waals surface area (Å²) in [6.07, 6.45) is 1.39. The van der Waals surface area contributed by atoms with Gasteiger partial charge in [0.15, 0.2) is 0 Å². The highest BCUT2D eigenvalue weighted by atomic mass is 35.5. The number of hydrogen-bond acceptors (Lipinski definition) is 5. The molecule has 0 unspecified atom stereocenters. The molecule has 1 saturated heterocycles. The van der Waals surface area contributed by atoms with Gasteiger partial charge < -0.3 is 9.80 Å². The van der Waals surface area contributed by atoms with Gasteiger partial charge in [-0.25, -0.2) is 0 Å². The topological polar surface area (TPSA) is 39.7 Å². The lowest BCUT2D eigenvalue weighted by Crippen LogP contribution is -2.47. The smallest absolute Gasteiger partial charge is 0.231 e. The predicted molar refractivity (Wildman–Crippen MR) is 132 cm³/mol. The maximum absolute atomic E-state index is 11.9. The van der Waals surface area contributed by atoms with E-state index < -0.39 is 0 Å². The summed E-state index contributed by atoms with van der Waals surface area (Å²) in [5, 5.41) is 2.02. The molecule has 0 radical (unpaired) electrons. The monoisotopic (exact) mass is 456 g/mol. The predicted octanol–water partition coefficient (Wildman–Crippen LogP) is 4.86. The number of likely N-dealkylation sites (N-methyl/N-ethyl adjacent to an activating group) is 1. The van der Waals surface area contributed by atoms with Crippen LogP contribution in [0.5, 0.6) is 0 Å². The summed E-state index contributed by atoms with van der Waals surface area (Å²) in [5.41, 5.74) is 3.19. The Morgan fingerprint density at radius 1 is 1.10 bits per heavy atom. The maximum Gasteiger partial charge on any atom is 0.231 e. The molecule has 1 fully saturated rings. The molecule has 0 aliphatic carbocycles. The molecule has 164 valence electrons. The van der Waals surface area contributed by atoms with Crippen molar-refractivity contribution in [3.63, 3.8) is 0 Å². The molecule has 2 aromatic carbocycles. The molecule has 0 spiro atoms. The molecule has 1 aromatic heterocycles. The Balaban J connectivity index is 0.00000112. The molecule has 3 heterocycles. The van der Waals surface area contributed by atoms with Gasteiger partial charge in [0.2, 0.25) is 5.91 Å². The number of carbonyl (C=O) groups is 1. The van der Waals surface area contributed by atoms with Crippen molar-refractivity contribution in [2.45, 2.75) is 26.7 Å². The minimum Gasteiger partial charge on any atom is -0.353 e. The lowest BCUT2D eigenvalue weighted by atomic mass is 10.1. The van der Waals surface area contributed by atoms with Gasteiger partial charge in [0, 0.05) is 55.9 Å². The third-order valence-electron chi connectivity index (χ3n) is 6.05. The van der Waals surface area contributed by atoms with Gasteiger partial charge in [-0.2, -0.15) is 4.37 Å². The molecule has 0 bridgehead atoms. The minimum atomic E-state index is 0.138. The van der Waals surface area contributed by atoms with Crippen LogP contribution in [0.2, 0.25) is 5.02 Å². The summed E-state index contributed by atoms with van der Waals surface area (Å²) in [6.45, 7) is 9.01. The quantitative estimate of drug-likeness (QED) is 0.562. The van der Waals surface area contributed by atoms with Gasteiger partial charge >= 0.3 is 0 Å². The molecule has 0 N–H and O–H groups in total. The minimum absolute atomic E-state index is 0.138. The van der Waals surface area contributed by atoms with Crippen LogP contribution in [0.15, 0.2) is 36.4 Å². The maximum atomic E-state index is 11.9. The van der Waals surface area contributed by atoms with Gasteiger partial charge in [-0.15, -0.1) is 0 Å². The van der Waals surface area contributed by atoms with E-state index in [1.165, 1.54) is 10.1 Å². The van der Waals surface area contributed by atoms with Gasteiger partial charge in [-0.05, 0) is 47.3 Å². The third kappa shape index (κ3) is 4.43. The van der Waals surface area contributed by atoms with E-state index in [4.69, 9.17) is 16.0 Å². The molecular formula is C24H29ClN4OS. The van der Waals surface area contributed by atoms with Crippen molar-refractivity contribution in [2.75, 3.05) is 49.6 Å². The molecular weight excluding hydrogens is 428 g/mol. The van der Waals surface area contributed by atoms with Crippen LogP contribution < -0.4 is 9.80 Å². The third-order valence-corrected chi connectivity index (χ3v) is 7.22. The molecule has 2 aliphatic rings. The van der Waals surface area contributed by atoms with Crippen LogP contribution in [0.1, 0.15) is 25.0 Å². The number of benzene rings is 2. The summed E-state index contributed by atoms with van der Waals surface area (Å²) in [6, 6.07) is 12.5. The first kappa shape index (κ1) is 22.1. The molecule has 2 aliphatic heterocycles. The number of hydrogen-bond donors (Lipinski definition) is 0. The average molecular weight is 457 g/mol. The summed E-state index contributed by atoms with van der Waals surface area (Å²) in [5.74, 6) is 1.26. The van der Waals surface area contributed by atoms with E-state index in [9.17, 15) is 4.79 Å². The lowest BCUT2D eigenvalue weighted by molar-refractivity contribution is -0.117. The standard InChI is InChI=1S/C22H23ClN4OS.C2H6/c1-25-19-14-18(23)15(12-16(19)13-21(25)28)6-7-26-8-10-27(11-9-26)22-17-4-2-3-5-20(17)29-24-22;1-2/h2-5,12,14H,6-11,13H2,1H3;1-2H3. The fraction of sp³-hybridized carbons (Fsp3) is 0.417. The number of anilines is 2. The zero-order valence-electron chi connectivity index (χ0n) is 18.4. The largest absolute Gasteiger partial charge is 0.353 e. The normalized spacial score (nSPS) is 16.5. The first-order valence-electron chi connectivity index (χ1n) is 11.0. The van der Waals surface area contributed by atoms with E-state index in [1.54, 1.807) is 16.4 Å². The SMILES string of the molecule is CC.CN1C(=O)Cc2cc(CCN3CCN(c4nsc5ccccc45)CC3)c(Cl)cc21. The van der Waals surface area contributed by atoms with E-state index >= 15 is 0 Å². The van der Waals surface area contributed by atoms with Gasteiger partial charge in [0.1, 0.15) is 5.82 Å². The van der Waals surface area contributed by atoms with Crippen molar-refractivity contribution in [1.82, 2.24) is 9.27 Å². The Bertz CT molecular complexity index is 1070. The van der Waals surface area contributed by atoms with Crippen molar-refractivity contribution in [2.24, 2.45) is 0 Å². The van der Waals surface area contributed by atoms with Crippen molar-refractivity contribution in [3.05, 3.63) is 52.5 Å². The highest BCUT2D eigenvalue weighted by Gasteiger charge is 2.26. The zero-order chi connectivity index (χ0) is 22.0. The summed E-state index contributed by atoms with van der Waals surface area (Å²) >= 11 is 8.09. The number of fused-ring (bicyclic) bond motifs is 2. The molecule has 5 rings (SSSR count). The summed E-state index contributed by atoms with van der Waals surface area (Å²) in [4.78, 5) is 18.5. The Labute approximate surface area is 193 Å². The van der Waals surface area contributed by atoms with Crippen molar-refractivity contribution in [1.29, 1.82) is 0 Å². The Morgan fingerprint density at radius 2 is 1.84 bits per heavy atom. The molecule has 31 heavy (non-hydrogen) atoms. The zero-order valence-corrected chi connectivity index (χ0v) is 20.0. The van der Waals surface area contributed by atoms with Crippen LogP contribution in [0.3, 0.4) is 0 Å². The Kier molecular flexibility index (Phi) is 6.80. The number of amides is 1. The van der Waals surface area contributed by atoms with Gasteiger partial charge in [0.05, 0.1) is 11.1 Å². The number of piperazine rings is 1. The molecule has 0 saturated carbocycles. The Hall–Kier alpha value is -2.15. The van der Waals surface area contributed by atoms with Crippen molar-refractivity contribution in [3.8, 4) is 0 Å². The van der Waals surface area contributed by atoms with Crippen molar-refractivity contribution < 1.29 is 4.79 Å². The second kappa shape index (κ2) is 9.55. The van der Waals surface area contributed by atoms with Gasteiger partial charge in [-0.1, -0.05) is 43.6 Å². The number of rotatable bonds is 4. The van der Waals surface area contributed by atoms with Crippen molar-refractivity contribution >= 4 is 50.6 Å². The molecule has 3 aromatic rings. The Morgan fingerprint density at radius 3 is 2.61 bits per heavy atom. The number of aromatic nitrogens is 1. The highest BCUT2D eigenvalue weighted by Crippen LogP contribution is 2.33. The van der Waals surface area contributed by atoms with Crippen LogP contribution in [-0.2, 0) is 17.6 Å². The number of halogens is 1. The molecule has 1 amide bonds. The first-order chi connectivity index (χ1) is 15.1. The fourth-order valence-electron chi connectivity index (χ4n) is 4.28. The van der Waals surface area contributed by atoms with Crippen LogP contribution in [0.4, 0.5) is 11.5 Å². The summed E-state index contributed by atoms with van der Waals surface area (Å²) < 4.78 is 5.95. The molecule has 5 nitrogen and oxygen atoms in total.